The summed E-state index contributed by atoms with van der Waals surface area (Å²) in [6, 6.07) is 9.02. The van der Waals surface area contributed by atoms with Gasteiger partial charge in [0.05, 0.1) is 12.7 Å². The van der Waals surface area contributed by atoms with Gasteiger partial charge in [-0.2, -0.15) is 5.10 Å². The maximum atomic E-state index is 4.49. The van der Waals surface area contributed by atoms with Crippen LogP contribution in [0.5, 0.6) is 0 Å². The average molecular weight is 271 g/mol. The Bertz CT molecular complexity index is 531. The van der Waals surface area contributed by atoms with Crippen molar-refractivity contribution < 1.29 is 0 Å². The van der Waals surface area contributed by atoms with Crippen molar-refractivity contribution in [1.29, 1.82) is 0 Å². The highest BCUT2D eigenvalue weighted by Crippen LogP contribution is 2.16. The zero-order valence-corrected chi connectivity index (χ0v) is 12.8. The van der Waals surface area contributed by atoms with Crippen LogP contribution < -0.4 is 5.32 Å². The van der Waals surface area contributed by atoms with Crippen LogP contribution in [0.4, 0.5) is 0 Å². The van der Waals surface area contributed by atoms with Gasteiger partial charge in [0.15, 0.2) is 0 Å². The highest BCUT2D eigenvalue weighted by molar-refractivity contribution is 5.22. The first kappa shape index (κ1) is 14.8. The largest absolute Gasteiger partial charge is 0.310 e. The molecule has 1 aromatic carbocycles. The summed E-state index contributed by atoms with van der Waals surface area (Å²) in [5, 5.41) is 8.06. The zero-order valence-electron chi connectivity index (χ0n) is 12.8. The number of rotatable bonds is 7. The van der Waals surface area contributed by atoms with Gasteiger partial charge in [0.25, 0.3) is 0 Å². The van der Waals surface area contributed by atoms with Crippen molar-refractivity contribution >= 4 is 0 Å². The van der Waals surface area contributed by atoms with E-state index < -0.39 is 0 Å². The number of hydrogen-bond donors (Lipinski definition) is 1. The molecule has 108 valence electrons. The van der Waals surface area contributed by atoms with Gasteiger partial charge < -0.3 is 5.32 Å². The predicted octanol–water partition coefficient (Wildman–Crippen LogP) is 3.69. The van der Waals surface area contributed by atoms with Crippen LogP contribution in [0.2, 0.25) is 0 Å². The molecule has 2 rings (SSSR count). The van der Waals surface area contributed by atoms with Gasteiger partial charge in [0.1, 0.15) is 0 Å². The molecule has 1 aromatic heterocycles. The van der Waals surface area contributed by atoms with E-state index >= 15 is 0 Å². The lowest BCUT2D eigenvalue weighted by Crippen LogP contribution is -2.21. The predicted molar refractivity (Wildman–Crippen MR) is 83.8 cm³/mol. The second kappa shape index (κ2) is 7.25. The second-order valence-corrected chi connectivity index (χ2v) is 5.38. The normalized spacial score (nSPS) is 12.6. The van der Waals surface area contributed by atoms with E-state index in [0.717, 1.165) is 25.9 Å². The highest BCUT2D eigenvalue weighted by atomic mass is 15.3. The fourth-order valence-electron chi connectivity index (χ4n) is 2.46. The lowest BCUT2D eigenvalue weighted by molar-refractivity contribution is 0.517. The molecule has 0 aliphatic carbocycles. The monoisotopic (exact) mass is 271 g/mol. The molecule has 0 aliphatic heterocycles. The van der Waals surface area contributed by atoms with Gasteiger partial charge in [-0.05, 0) is 31.9 Å². The lowest BCUT2D eigenvalue weighted by atomic mass is 10.1. The van der Waals surface area contributed by atoms with Crippen molar-refractivity contribution in [1.82, 2.24) is 15.1 Å². The Labute approximate surface area is 122 Å². The second-order valence-electron chi connectivity index (χ2n) is 5.38. The van der Waals surface area contributed by atoms with Gasteiger partial charge >= 0.3 is 0 Å². The molecule has 2 aromatic rings. The van der Waals surface area contributed by atoms with Crippen molar-refractivity contribution in [3.63, 3.8) is 0 Å². The average Bonchev–Trinajstić information content (AvgIpc) is 2.88. The number of benzene rings is 1. The molecule has 1 unspecified atom stereocenters. The quantitative estimate of drug-likeness (QED) is 0.832. The van der Waals surface area contributed by atoms with Crippen molar-refractivity contribution in [2.75, 3.05) is 6.54 Å². The molecule has 0 aliphatic rings. The summed E-state index contributed by atoms with van der Waals surface area (Å²) in [6.45, 7) is 8.43. The molecule has 0 saturated carbocycles. The summed E-state index contributed by atoms with van der Waals surface area (Å²) in [5.41, 5.74) is 3.88. The maximum absolute atomic E-state index is 4.49. The van der Waals surface area contributed by atoms with Crippen LogP contribution in [0.3, 0.4) is 0 Å². The smallest absolute Gasteiger partial charge is 0.0659 e. The third kappa shape index (κ3) is 3.94. The molecule has 0 saturated heterocycles. The Morgan fingerprint density at radius 1 is 1.30 bits per heavy atom. The number of hydrogen-bond acceptors (Lipinski definition) is 2. The van der Waals surface area contributed by atoms with Crippen LogP contribution in [0.15, 0.2) is 36.7 Å². The minimum atomic E-state index is 0.418. The van der Waals surface area contributed by atoms with Crippen LogP contribution >= 0.6 is 0 Å². The molecule has 20 heavy (non-hydrogen) atoms. The summed E-state index contributed by atoms with van der Waals surface area (Å²) >= 11 is 0. The third-order valence-electron chi connectivity index (χ3n) is 3.53. The Morgan fingerprint density at radius 3 is 2.85 bits per heavy atom. The third-order valence-corrected chi connectivity index (χ3v) is 3.53. The molecule has 0 radical (unpaired) electrons. The fraction of sp³-hybridized carbons (Fsp3) is 0.471. The van der Waals surface area contributed by atoms with Crippen molar-refractivity contribution in [3.05, 3.63) is 53.3 Å². The van der Waals surface area contributed by atoms with Crippen LogP contribution in [-0.4, -0.2) is 16.3 Å². The van der Waals surface area contributed by atoms with Crippen molar-refractivity contribution in [3.8, 4) is 0 Å². The van der Waals surface area contributed by atoms with E-state index in [-0.39, 0.29) is 0 Å². The summed E-state index contributed by atoms with van der Waals surface area (Å²) in [5.74, 6) is 0. The standard InChI is InChI=1S/C17H25N3/c1-4-9-18-17(5-2)16-11-19-20(13-16)12-15-8-6-7-14(3)10-15/h6-8,10-11,13,17-18H,4-5,9,12H2,1-3H3. The van der Waals surface area contributed by atoms with E-state index in [9.17, 15) is 0 Å². The molecular weight excluding hydrogens is 246 g/mol. The van der Waals surface area contributed by atoms with Gasteiger partial charge in [-0.3, -0.25) is 4.68 Å². The Kier molecular flexibility index (Phi) is 5.36. The Hall–Kier alpha value is -1.61. The highest BCUT2D eigenvalue weighted by Gasteiger charge is 2.10. The minimum Gasteiger partial charge on any atom is -0.310 e. The molecule has 0 amide bonds. The fourth-order valence-corrected chi connectivity index (χ4v) is 2.46. The summed E-state index contributed by atoms with van der Waals surface area (Å²) in [6.07, 6.45) is 6.41. The van der Waals surface area contributed by atoms with Gasteiger partial charge in [-0.25, -0.2) is 0 Å². The number of aryl methyl sites for hydroxylation is 1. The van der Waals surface area contributed by atoms with Crippen molar-refractivity contribution in [2.24, 2.45) is 0 Å². The van der Waals surface area contributed by atoms with Gasteiger partial charge in [0.2, 0.25) is 0 Å². The molecule has 0 spiro atoms. The van der Waals surface area contributed by atoms with E-state index in [0.29, 0.717) is 6.04 Å². The summed E-state index contributed by atoms with van der Waals surface area (Å²) < 4.78 is 2.03. The van der Waals surface area contributed by atoms with Gasteiger partial charge in [-0.1, -0.05) is 43.7 Å². The molecule has 0 fully saturated rings. The molecule has 3 heteroatoms. The molecular formula is C17H25N3. The minimum absolute atomic E-state index is 0.418. The van der Waals surface area contributed by atoms with E-state index in [1.165, 1.54) is 16.7 Å². The molecule has 3 nitrogen and oxygen atoms in total. The van der Waals surface area contributed by atoms with Crippen molar-refractivity contribution in [2.45, 2.75) is 46.2 Å². The topological polar surface area (TPSA) is 29.9 Å². The van der Waals surface area contributed by atoms with Crippen LogP contribution in [0.1, 0.15) is 49.4 Å². The van der Waals surface area contributed by atoms with Crippen LogP contribution in [-0.2, 0) is 6.54 Å². The molecule has 1 heterocycles. The van der Waals surface area contributed by atoms with Crippen LogP contribution in [0.25, 0.3) is 0 Å². The number of nitrogens with one attached hydrogen (secondary N) is 1. The number of aromatic nitrogens is 2. The first-order valence-corrected chi connectivity index (χ1v) is 7.54. The molecule has 1 atom stereocenters. The SMILES string of the molecule is CCCNC(CC)c1cnn(Cc2cccc(C)c2)c1. The molecule has 0 bridgehead atoms. The van der Waals surface area contributed by atoms with E-state index in [1.807, 2.05) is 10.9 Å². The number of nitrogens with zero attached hydrogens (tertiary/aromatic N) is 2. The van der Waals surface area contributed by atoms with E-state index in [1.54, 1.807) is 0 Å². The maximum Gasteiger partial charge on any atom is 0.0659 e. The van der Waals surface area contributed by atoms with E-state index in [4.69, 9.17) is 0 Å². The van der Waals surface area contributed by atoms with E-state index in [2.05, 4.69) is 61.6 Å². The first-order valence-electron chi connectivity index (χ1n) is 7.54. The Balaban J connectivity index is 2.04. The zero-order chi connectivity index (χ0) is 14.4. The lowest BCUT2D eigenvalue weighted by Gasteiger charge is -2.14. The van der Waals surface area contributed by atoms with Crippen LogP contribution in [0, 0.1) is 6.92 Å². The van der Waals surface area contributed by atoms with Gasteiger partial charge in [0, 0.05) is 17.8 Å². The summed E-state index contributed by atoms with van der Waals surface area (Å²) in [7, 11) is 0. The molecule has 1 N–H and O–H groups in total. The van der Waals surface area contributed by atoms with Gasteiger partial charge in [-0.15, -0.1) is 0 Å². The Morgan fingerprint density at radius 2 is 2.15 bits per heavy atom. The first-order chi connectivity index (χ1) is 9.72. The summed E-state index contributed by atoms with van der Waals surface area (Å²) in [4.78, 5) is 0.